The van der Waals surface area contributed by atoms with Crippen molar-refractivity contribution in [2.75, 3.05) is 13.1 Å². The van der Waals surface area contributed by atoms with Gasteiger partial charge in [-0.25, -0.2) is 0 Å². The molecule has 16 heavy (non-hydrogen) atoms. The molecule has 1 aliphatic carbocycles. The molecular formula is C13H26N2O. The molecule has 1 fully saturated rings. The maximum Gasteiger partial charge on any atom is 0.224 e. The quantitative estimate of drug-likeness (QED) is 0.752. The zero-order chi connectivity index (χ0) is 12.2. The van der Waals surface area contributed by atoms with E-state index in [9.17, 15) is 4.79 Å². The lowest BCUT2D eigenvalue weighted by atomic mass is 9.80. The van der Waals surface area contributed by atoms with E-state index in [2.05, 4.69) is 12.2 Å². The van der Waals surface area contributed by atoms with Crippen molar-refractivity contribution in [2.24, 2.45) is 23.0 Å². The number of nitrogens with two attached hydrogens (primary N) is 1. The van der Waals surface area contributed by atoms with Crippen molar-refractivity contribution in [1.82, 2.24) is 5.32 Å². The Labute approximate surface area is 99.2 Å². The lowest BCUT2D eigenvalue weighted by molar-refractivity contribution is -0.125. The van der Waals surface area contributed by atoms with Gasteiger partial charge < -0.3 is 11.1 Å². The Kier molecular flexibility index (Phi) is 4.78. The summed E-state index contributed by atoms with van der Waals surface area (Å²) in [5.41, 5.74) is 4.91. The molecule has 0 saturated heterocycles. The normalized spacial score (nSPS) is 26.7. The highest BCUT2D eigenvalue weighted by atomic mass is 16.1. The Balaban J connectivity index is 2.26. The Morgan fingerprint density at radius 2 is 2.00 bits per heavy atom. The maximum absolute atomic E-state index is 11.1. The first-order chi connectivity index (χ1) is 7.43. The zero-order valence-electron chi connectivity index (χ0n) is 10.9. The zero-order valence-corrected chi connectivity index (χ0v) is 10.9. The van der Waals surface area contributed by atoms with Gasteiger partial charge in [0.15, 0.2) is 0 Å². The van der Waals surface area contributed by atoms with E-state index in [0.29, 0.717) is 6.54 Å². The minimum atomic E-state index is -0.433. The van der Waals surface area contributed by atoms with Crippen LogP contribution in [0.2, 0.25) is 0 Å². The predicted molar refractivity (Wildman–Crippen MR) is 67.0 cm³/mol. The molecular weight excluding hydrogens is 200 g/mol. The third kappa shape index (κ3) is 3.78. The minimum Gasteiger partial charge on any atom is -0.369 e. The van der Waals surface area contributed by atoms with Crippen molar-refractivity contribution in [3.05, 3.63) is 0 Å². The van der Waals surface area contributed by atoms with Crippen LogP contribution in [0.5, 0.6) is 0 Å². The fourth-order valence-corrected chi connectivity index (χ4v) is 2.35. The van der Waals surface area contributed by atoms with Crippen molar-refractivity contribution in [3.63, 3.8) is 0 Å². The molecule has 2 unspecified atom stereocenters. The van der Waals surface area contributed by atoms with E-state index in [1.54, 1.807) is 0 Å². The van der Waals surface area contributed by atoms with E-state index in [1.807, 2.05) is 13.8 Å². The van der Waals surface area contributed by atoms with Crippen molar-refractivity contribution in [3.8, 4) is 0 Å². The number of hydrogen-bond acceptors (Lipinski definition) is 2. The van der Waals surface area contributed by atoms with Crippen LogP contribution in [0.1, 0.15) is 46.5 Å². The third-order valence-corrected chi connectivity index (χ3v) is 3.93. The highest BCUT2D eigenvalue weighted by molar-refractivity contribution is 5.80. The number of hydrogen-bond donors (Lipinski definition) is 2. The third-order valence-electron chi connectivity index (χ3n) is 3.93. The average Bonchev–Trinajstić information content (AvgIpc) is 2.20. The monoisotopic (exact) mass is 226 g/mol. The molecule has 3 nitrogen and oxygen atoms in total. The predicted octanol–water partition coefficient (Wildman–Crippen LogP) is 1.91. The molecule has 0 aromatic rings. The molecule has 0 heterocycles. The van der Waals surface area contributed by atoms with Gasteiger partial charge in [0, 0.05) is 6.54 Å². The van der Waals surface area contributed by atoms with Crippen LogP contribution in [0.3, 0.4) is 0 Å². The van der Waals surface area contributed by atoms with Crippen LogP contribution in [0.15, 0.2) is 0 Å². The van der Waals surface area contributed by atoms with E-state index in [4.69, 9.17) is 5.73 Å². The number of amides is 1. The number of carbonyl (C=O) groups excluding carboxylic acids is 1. The van der Waals surface area contributed by atoms with Gasteiger partial charge in [0.25, 0.3) is 0 Å². The molecule has 3 heteroatoms. The standard InChI is InChI=1S/C13H26N2O/c1-10-6-4-5-7-11(10)8-15-9-13(2,3)12(14)16/h10-11,15H,4-9H2,1-3H3,(H2,14,16). The first-order valence-corrected chi connectivity index (χ1v) is 6.44. The summed E-state index contributed by atoms with van der Waals surface area (Å²) in [5, 5.41) is 3.41. The molecule has 1 rings (SSSR count). The van der Waals surface area contributed by atoms with Gasteiger partial charge in [-0.1, -0.05) is 26.2 Å². The van der Waals surface area contributed by atoms with E-state index in [0.717, 1.165) is 18.4 Å². The molecule has 0 radical (unpaired) electrons. The number of rotatable bonds is 5. The molecule has 1 aliphatic rings. The molecule has 94 valence electrons. The van der Waals surface area contributed by atoms with Gasteiger partial charge >= 0.3 is 0 Å². The SMILES string of the molecule is CC1CCCCC1CNCC(C)(C)C(N)=O. The summed E-state index contributed by atoms with van der Waals surface area (Å²) in [4.78, 5) is 11.1. The van der Waals surface area contributed by atoms with Crippen LogP contribution in [-0.4, -0.2) is 19.0 Å². The number of nitrogens with one attached hydrogen (secondary N) is 1. The van der Waals surface area contributed by atoms with E-state index >= 15 is 0 Å². The lowest BCUT2D eigenvalue weighted by Gasteiger charge is -2.30. The molecule has 0 bridgehead atoms. The number of carbonyl (C=O) groups is 1. The highest BCUT2D eigenvalue weighted by Gasteiger charge is 2.26. The molecule has 1 saturated carbocycles. The summed E-state index contributed by atoms with van der Waals surface area (Å²) >= 11 is 0. The van der Waals surface area contributed by atoms with Gasteiger partial charge in [-0.05, 0) is 38.6 Å². The molecule has 0 spiro atoms. The second kappa shape index (κ2) is 5.67. The Morgan fingerprint density at radius 1 is 1.38 bits per heavy atom. The summed E-state index contributed by atoms with van der Waals surface area (Å²) in [6.07, 6.45) is 5.41. The molecule has 3 N–H and O–H groups in total. The summed E-state index contributed by atoms with van der Waals surface area (Å²) in [7, 11) is 0. The summed E-state index contributed by atoms with van der Waals surface area (Å²) < 4.78 is 0. The largest absolute Gasteiger partial charge is 0.369 e. The first kappa shape index (κ1) is 13.5. The lowest BCUT2D eigenvalue weighted by Crippen LogP contribution is -2.42. The van der Waals surface area contributed by atoms with Gasteiger partial charge in [0.05, 0.1) is 5.41 Å². The molecule has 2 atom stereocenters. The molecule has 0 aliphatic heterocycles. The second-order valence-electron chi connectivity index (χ2n) is 5.90. The molecule has 1 amide bonds. The van der Waals surface area contributed by atoms with Crippen LogP contribution >= 0.6 is 0 Å². The van der Waals surface area contributed by atoms with Gasteiger partial charge in [-0.2, -0.15) is 0 Å². The van der Waals surface area contributed by atoms with Crippen LogP contribution in [-0.2, 0) is 4.79 Å². The summed E-state index contributed by atoms with van der Waals surface area (Å²) in [6, 6.07) is 0. The van der Waals surface area contributed by atoms with Gasteiger partial charge in [0.2, 0.25) is 5.91 Å². The number of primary amides is 1. The van der Waals surface area contributed by atoms with Gasteiger partial charge in [0.1, 0.15) is 0 Å². The van der Waals surface area contributed by atoms with Crippen molar-refractivity contribution >= 4 is 5.91 Å². The molecule has 0 aromatic carbocycles. The Bertz CT molecular complexity index is 238. The van der Waals surface area contributed by atoms with Gasteiger partial charge in [-0.3, -0.25) is 4.79 Å². The molecule has 0 aromatic heterocycles. The summed E-state index contributed by atoms with van der Waals surface area (Å²) in [6.45, 7) is 7.84. The van der Waals surface area contributed by atoms with Crippen LogP contribution < -0.4 is 11.1 Å². The summed E-state index contributed by atoms with van der Waals surface area (Å²) in [5.74, 6) is 1.37. The highest BCUT2D eigenvalue weighted by Crippen LogP contribution is 2.29. The van der Waals surface area contributed by atoms with Crippen LogP contribution in [0.25, 0.3) is 0 Å². The minimum absolute atomic E-state index is 0.225. The fraction of sp³-hybridized carbons (Fsp3) is 0.923. The fourth-order valence-electron chi connectivity index (χ4n) is 2.35. The average molecular weight is 226 g/mol. The van der Waals surface area contributed by atoms with Crippen LogP contribution in [0, 0.1) is 17.3 Å². The Hall–Kier alpha value is -0.570. The van der Waals surface area contributed by atoms with Crippen LogP contribution in [0.4, 0.5) is 0 Å². The van der Waals surface area contributed by atoms with E-state index in [-0.39, 0.29) is 5.91 Å². The smallest absolute Gasteiger partial charge is 0.224 e. The van der Waals surface area contributed by atoms with Crippen molar-refractivity contribution < 1.29 is 4.79 Å². The van der Waals surface area contributed by atoms with E-state index in [1.165, 1.54) is 25.7 Å². The van der Waals surface area contributed by atoms with Gasteiger partial charge in [-0.15, -0.1) is 0 Å². The topological polar surface area (TPSA) is 55.1 Å². The Morgan fingerprint density at radius 3 is 2.56 bits per heavy atom. The van der Waals surface area contributed by atoms with Crippen molar-refractivity contribution in [1.29, 1.82) is 0 Å². The second-order valence-corrected chi connectivity index (χ2v) is 5.90. The maximum atomic E-state index is 11.1. The van der Waals surface area contributed by atoms with E-state index < -0.39 is 5.41 Å². The first-order valence-electron chi connectivity index (χ1n) is 6.44. The van der Waals surface area contributed by atoms with Crippen molar-refractivity contribution in [2.45, 2.75) is 46.5 Å².